The van der Waals surface area contributed by atoms with Crippen molar-refractivity contribution < 1.29 is 19.1 Å². The maximum atomic E-state index is 11.7. The fourth-order valence-corrected chi connectivity index (χ4v) is 2.42. The van der Waals surface area contributed by atoms with Crippen molar-refractivity contribution in [2.75, 3.05) is 6.61 Å². The van der Waals surface area contributed by atoms with E-state index in [1.54, 1.807) is 6.07 Å². The summed E-state index contributed by atoms with van der Waals surface area (Å²) in [6, 6.07) is 8.03. The molecule has 7 heteroatoms. The second-order valence-electron chi connectivity index (χ2n) is 4.29. The van der Waals surface area contributed by atoms with Crippen molar-refractivity contribution in [3.63, 3.8) is 0 Å². The Morgan fingerprint density at radius 1 is 1.38 bits per heavy atom. The van der Waals surface area contributed by atoms with E-state index in [1.165, 1.54) is 29.7 Å². The summed E-state index contributed by atoms with van der Waals surface area (Å²) in [7, 11) is 0. The number of hydrogen-bond acceptors (Lipinski definition) is 5. The summed E-state index contributed by atoms with van der Waals surface area (Å²) < 4.78 is 5.22. The van der Waals surface area contributed by atoms with Crippen LogP contribution < -0.4 is 10.0 Å². The van der Waals surface area contributed by atoms with E-state index < -0.39 is 18.5 Å². The van der Waals surface area contributed by atoms with Crippen molar-refractivity contribution in [1.82, 2.24) is 5.32 Å². The second-order valence-corrected chi connectivity index (χ2v) is 5.27. The van der Waals surface area contributed by atoms with Gasteiger partial charge in [-0.3, -0.25) is 4.79 Å². The van der Waals surface area contributed by atoms with Crippen LogP contribution in [0, 0.1) is 5.21 Å². The molecule has 0 aromatic carbocycles. The quantitative estimate of drug-likeness (QED) is 0.514. The van der Waals surface area contributed by atoms with Crippen LogP contribution in [0.25, 0.3) is 0 Å². The van der Waals surface area contributed by atoms with Gasteiger partial charge in [-0.15, -0.1) is 11.3 Å². The Balaban J connectivity index is 1.84. The van der Waals surface area contributed by atoms with E-state index in [0.29, 0.717) is 4.73 Å². The van der Waals surface area contributed by atoms with Gasteiger partial charge < -0.3 is 15.3 Å². The van der Waals surface area contributed by atoms with Crippen molar-refractivity contribution in [2.24, 2.45) is 0 Å². The lowest BCUT2D eigenvalue weighted by Gasteiger charge is -2.12. The van der Waals surface area contributed by atoms with Gasteiger partial charge in [0.05, 0.1) is 6.04 Å². The second kappa shape index (κ2) is 6.85. The lowest BCUT2D eigenvalue weighted by Crippen LogP contribution is -2.36. The number of amides is 1. The number of esters is 1. The molecule has 0 saturated carbocycles. The highest BCUT2D eigenvalue weighted by atomic mass is 32.1. The van der Waals surface area contributed by atoms with Crippen LogP contribution in [0.2, 0.25) is 0 Å². The van der Waals surface area contributed by atoms with Crippen molar-refractivity contribution in [1.29, 1.82) is 0 Å². The van der Waals surface area contributed by atoms with E-state index >= 15 is 0 Å². The predicted molar refractivity (Wildman–Crippen MR) is 76.6 cm³/mol. The maximum Gasteiger partial charge on any atom is 0.405 e. The summed E-state index contributed by atoms with van der Waals surface area (Å²) in [6.45, 7) is 1.41. The number of carbonyl (C=O) groups is 2. The Kier molecular flexibility index (Phi) is 4.89. The summed E-state index contributed by atoms with van der Waals surface area (Å²) in [5.41, 5.74) is -0.156. The lowest BCUT2D eigenvalue weighted by atomic mass is 10.3. The summed E-state index contributed by atoms with van der Waals surface area (Å²) in [4.78, 5) is 24.4. The summed E-state index contributed by atoms with van der Waals surface area (Å²) in [6.07, 6.45) is 1.19. The normalized spacial score (nSPS) is 11.7. The lowest BCUT2D eigenvalue weighted by molar-refractivity contribution is -0.608. The van der Waals surface area contributed by atoms with E-state index in [0.717, 1.165) is 4.88 Å². The molecule has 1 N–H and O–H groups in total. The minimum atomic E-state index is -0.829. The number of nitrogens with zero attached hydrogens (tertiary/aromatic N) is 1. The molecule has 0 spiro atoms. The van der Waals surface area contributed by atoms with Gasteiger partial charge in [0.15, 0.2) is 12.8 Å². The Bertz CT molecular complexity index is 628. The van der Waals surface area contributed by atoms with Crippen LogP contribution in [0.4, 0.5) is 0 Å². The number of ether oxygens (including phenoxy) is 1. The van der Waals surface area contributed by atoms with Gasteiger partial charge in [-0.25, -0.2) is 4.79 Å². The van der Waals surface area contributed by atoms with Crippen molar-refractivity contribution in [3.05, 3.63) is 57.7 Å². The molecule has 0 bridgehead atoms. The molecular weight excluding hydrogens is 292 g/mol. The Hall–Kier alpha value is -2.41. The Morgan fingerprint density at radius 3 is 2.86 bits per heavy atom. The van der Waals surface area contributed by atoms with Gasteiger partial charge in [0, 0.05) is 17.0 Å². The first-order chi connectivity index (χ1) is 10.1. The average Bonchev–Trinajstić information content (AvgIpc) is 2.99. The first-order valence-corrected chi connectivity index (χ1v) is 7.14. The van der Waals surface area contributed by atoms with Gasteiger partial charge >= 0.3 is 11.7 Å². The Labute approximate surface area is 125 Å². The molecule has 21 heavy (non-hydrogen) atoms. The number of hydrogen-bond donors (Lipinski definition) is 1. The highest BCUT2D eigenvalue weighted by Gasteiger charge is 2.19. The molecule has 0 unspecified atom stereocenters. The van der Waals surface area contributed by atoms with Crippen LogP contribution >= 0.6 is 11.3 Å². The summed E-state index contributed by atoms with van der Waals surface area (Å²) in [5.74, 6) is -1.25. The predicted octanol–water partition coefficient (Wildman–Crippen LogP) is 1.42. The third-order valence-electron chi connectivity index (χ3n) is 2.72. The van der Waals surface area contributed by atoms with E-state index in [4.69, 9.17) is 4.74 Å². The molecule has 6 nitrogen and oxygen atoms in total. The smallest absolute Gasteiger partial charge is 0.405 e. The zero-order chi connectivity index (χ0) is 15.2. The zero-order valence-electron chi connectivity index (χ0n) is 11.3. The molecule has 0 aliphatic carbocycles. The number of nitrogens with one attached hydrogen (secondary N) is 1. The zero-order valence-corrected chi connectivity index (χ0v) is 12.1. The Morgan fingerprint density at radius 2 is 2.19 bits per heavy atom. The molecule has 2 heterocycles. The first-order valence-electron chi connectivity index (χ1n) is 6.26. The van der Waals surface area contributed by atoms with E-state index in [9.17, 15) is 14.8 Å². The molecule has 2 aromatic heterocycles. The van der Waals surface area contributed by atoms with Gasteiger partial charge in [-0.05, 0) is 24.4 Å². The fourth-order valence-electron chi connectivity index (χ4n) is 1.68. The molecule has 1 atom stereocenters. The molecule has 0 saturated heterocycles. The van der Waals surface area contributed by atoms with Crippen LogP contribution in [-0.4, -0.2) is 18.5 Å². The van der Waals surface area contributed by atoms with Crippen LogP contribution in [0.3, 0.4) is 0 Å². The van der Waals surface area contributed by atoms with Crippen LogP contribution in [-0.2, 0) is 9.53 Å². The molecule has 0 fully saturated rings. The van der Waals surface area contributed by atoms with Gasteiger partial charge in [-0.1, -0.05) is 6.07 Å². The minimum Gasteiger partial charge on any atom is -0.618 e. The van der Waals surface area contributed by atoms with Crippen LogP contribution in [0.5, 0.6) is 0 Å². The summed E-state index contributed by atoms with van der Waals surface area (Å²) >= 11 is 1.53. The summed E-state index contributed by atoms with van der Waals surface area (Å²) in [5, 5.41) is 16.0. The monoisotopic (exact) mass is 306 g/mol. The minimum absolute atomic E-state index is 0.155. The molecule has 1 amide bonds. The van der Waals surface area contributed by atoms with Crippen molar-refractivity contribution >= 4 is 23.2 Å². The van der Waals surface area contributed by atoms with Gasteiger partial charge in [0.1, 0.15) is 0 Å². The number of pyridine rings is 1. The first kappa shape index (κ1) is 15.0. The fraction of sp³-hybridized carbons (Fsp3) is 0.214. The van der Waals surface area contributed by atoms with Crippen LogP contribution in [0.1, 0.15) is 28.3 Å². The molecule has 0 aliphatic rings. The molecule has 110 valence electrons. The third kappa shape index (κ3) is 4.03. The van der Waals surface area contributed by atoms with Gasteiger partial charge in [0.25, 0.3) is 5.91 Å². The van der Waals surface area contributed by atoms with E-state index in [2.05, 4.69) is 5.32 Å². The highest BCUT2D eigenvalue weighted by molar-refractivity contribution is 7.10. The number of carbonyl (C=O) groups excluding carboxylic acids is 2. The van der Waals surface area contributed by atoms with Gasteiger partial charge in [0.2, 0.25) is 0 Å². The van der Waals surface area contributed by atoms with E-state index in [1.807, 2.05) is 24.4 Å². The topological polar surface area (TPSA) is 82.3 Å². The molecule has 0 radical (unpaired) electrons. The highest BCUT2D eigenvalue weighted by Crippen LogP contribution is 2.17. The van der Waals surface area contributed by atoms with Crippen molar-refractivity contribution in [2.45, 2.75) is 13.0 Å². The van der Waals surface area contributed by atoms with Crippen LogP contribution in [0.15, 0.2) is 41.9 Å². The molecule has 0 aliphatic heterocycles. The average molecular weight is 306 g/mol. The third-order valence-corrected chi connectivity index (χ3v) is 3.77. The van der Waals surface area contributed by atoms with Crippen molar-refractivity contribution in [3.8, 4) is 0 Å². The molecule has 2 aromatic rings. The number of aromatic nitrogens is 1. The van der Waals surface area contributed by atoms with Gasteiger partial charge in [-0.2, -0.15) is 4.73 Å². The largest absolute Gasteiger partial charge is 0.618 e. The maximum absolute atomic E-state index is 11.7. The standard InChI is InChI=1S/C14H14N2O4S/c1-10(12-6-4-8-21-12)15-13(17)9-20-14(18)11-5-2-3-7-16(11)19/h2-8,10H,9H2,1H3,(H,15,17)/t10-/m0/s1. The molecule has 2 rings (SSSR count). The SMILES string of the molecule is C[C@H](NC(=O)COC(=O)c1cccc[n+]1[O-])c1cccs1. The number of rotatable bonds is 5. The number of thiophene rings is 1. The van der Waals surface area contributed by atoms with E-state index in [-0.39, 0.29) is 11.7 Å². The molecular formula is C14H14N2O4S.